The van der Waals surface area contributed by atoms with Crippen molar-refractivity contribution in [1.29, 1.82) is 0 Å². The van der Waals surface area contributed by atoms with Crippen LogP contribution < -0.4 is 4.72 Å². The molecule has 4 heterocycles. The largest absolute Gasteiger partial charge is 0.381 e. The van der Waals surface area contributed by atoms with Gasteiger partial charge in [0, 0.05) is 38.3 Å². The van der Waals surface area contributed by atoms with Crippen molar-refractivity contribution < 1.29 is 21.6 Å². The summed E-state index contributed by atoms with van der Waals surface area (Å²) in [7, 11) is -5.60. The first-order valence-electron chi connectivity index (χ1n) is 14.7. The van der Waals surface area contributed by atoms with E-state index >= 15 is 0 Å². The highest BCUT2D eigenvalue weighted by molar-refractivity contribution is 7.93. The van der Waals surface area contributed by atoms with Crippen LogP contribution in [0.15, 0.2) is 59.6 Å². The van der Waals surface area contributed by atoms with Gasteiger partial charge in [-0.05, 0) is 62.3 Å². The molecule has 230 valence electrons. The van der Waals surface area contributed by atoms with Crippen molar-refractivity contribution in [1.82, 2.24) is 24.5 Å². The van der Waals surface area contributed by atoms with Gasteiger partial charge < -0.3 is 9.30 Å². The first-order chi connectivity index (χ1) is 21.0. The SMILES string of the molecule is Cc1nnn(C)c1-c1cnc2c3c(NS(=O)(=O)C4CC4)ccc(S(C)(=O)=O)c3n([C@H](c3ccccc3)C3CCOCC3)c2c1. The Morgan fingerprint density at radius 1 is 1.00 bits per heavy atom. The topological polar surface area (TPSA) is 138 Å². The second kappa shape index (κ2) is 10.7. The van der Waals surface area contributed by atoms with Gasteiger partial charge in [-0.25, -0.2) is 21.5 Å². The van der Waals surface area contributed by atoms with E-state index < -0.39 is 25.1 Å². The van der Waals surface area contributed by atoms with Gasteiger partial charge in [-0.1, -0.05) is 35.5 Å². The third-order valence-electron chi connectivity index (χ3n) is 8.76. The van der Waals surface area contributed by atoms with E-state index in [1.54, 1.807) is 16.9 Å². The van der Waals surface area contributed by atoms with E-state index in [1.807, 2.05) is 38.2 Å². The van der Waals surface area contributed by atoms with Gasteiger partial charge >= 0.3 is 0 Å². The molecule has 11 nitrogen and oxygen atoms in total. The average molecular weight is 635 g/mol. The highest BCUT2D eigenvalue weighted by Crippen LogP contribution is 2.45. The van der Waals surface area contributed by atoms with E-state index in [0.29, 0.717) is 53.7 Å². The van der Waals surface area contributed by atoms with Gasteiger partial charge in [-0.3, -0.25) is 9.71 Å². The molecule has 2 aromatic carbocycles. The molecule has 2 aliphatic rings. The summed E-state index contributed by atoms with van der Waals surface area (Å²) in [5, 5.41) is 8.41. The molecule has 1 aliphatic heterocycles. The predicted molar refractivity (Wildman–Crippen MR) is 169 cm³/mol. The lowest BCUT2D eigenvalue weighted by molar-refractivity contribution is 0.0552. The van der Waals surface area contributed by atoms with Crippen LogP contribution in [0.3, 0.4) is 0 Å². The molecule has 44 heavy (non-hydrogen) atoms. The Bertz CT molecular complexity index is 2090. The molecule has 1 N–H and O–H groups in total. The fraction of sp³-hybridized carbons (Fsp3) is 0.387. The molecule has 7 rings (SSSR count). The van der Waals surface area contributed by atoms with Crippen LogP contribution in [-0.2, 0) is 31.6 Å². The quantitative estimate of drug-likeness (QED) is 0.261. The molecule has 1 aliphatic carbocycles. The minimum Gasteiger partial charge on any atom is -0.381 e. The van der Waals surface area contributed by atoms with Crippen LogP contribution in [0.25, 0.3) is 33.2 Å². The van der Waals surface area contributed by atoms with Crippen molar-refractivity contribution in [3.05, 3.63) is 66.0 Å². The number of nitrogens with zero attached hydrogens (tertiary/aromatic N) is 5. The van der Waals surface area contributed by atoms with Crippen molar-refractivity contribution in [2.75, 3.05) is 24.2 Å². The number of hydrogen-bond donors (Lipinski definition) is 1. The lowest BCUT2D eigenvalue weighted by atomic mass is 9.86. The normalized spacial score (nSPS) is 17.3. The van der Waals surface area contributed by atoms with E-state index in [-0.39, 0.29) is 16.9 Å². The summed E-state index contributed by atoms with van der Waals surface area (Å²) in [6.07, 6.45) is 5.66. The van der Waals surface area contributed by atoms with E-state index in [9.17, 15) is 16.8 Å². The molecule has 13 heteroatoms. The third kappa shape index (κ3) is 4.96. The second-order valence-corrected chi connectivity index (χ2v) is 15.8. The van der Waals surface area contributed by atoms with Crippen molar-refractivity contribution in [2.24, 2.45) is 13.0 Å². The monoisotopic (exact) mass is 634 g/mol. The van der Waals surface area contributed by atoms with E-state index in [2.05, 4.69) is 31.7 Å². The third-order valence-corrected chi connectivity index (χ3v) is 11.7. The van der Waals surface area contributed by atoms with Crippen LogP contribution in [0.4, 0.5) is 5.69 Å². The highest BCUT2D eigenvalue weighted by atomic mass is 32.2. The smallest absolute Gasteiger partial charge is 0.235 e. The summed E-state index contributed by atoms with van der Waals surface area (Å²) in [6.45, 7) is 3.07. The number of hydrogen-bond acceptors (Lipinski definition) is 8. The number of sulfonamides is 1. The zero-order chi connectivity index (χ0) is 30.8. The van der Waals surface area contributed by atoms with Gasteiger partial charge in [-0.15, -0.1) is 5.10 Å². The van der Waals surface area contributed by atoms with E-state index in [0.717, 1.165) is 35.4 Å². The predicted octanol–water partition coefficient (Wildman–Crippen LogP) is 4.62. The first-order valence-corrected chi connectivity index (χ1v) is 18.2. The average Bonchev–Trinajstić information content (AvgIpc) is 3.75. The molecular formula is C31H34N6O5S2. The number of sulfone groups is 1. The molecule has 0 unspecified atom stereocenters. The van der Waals surface area contributed by atoms with E-state index in [1.165, 1.54) is 12.3 Å². The fourth-order valence-electron chi connectivity index (χ4n) is 6.59. The van der Waals surface area contributed by atoms with Gasteiger partial charge in [0.1, 0.15) is 0 Å². The molecule has 1 saturated carbocycles. The maximum absolute atomic E-state index is 13.5. The summed E-state index contributed by atoms with van der Waals surface area (Å²) in [6, 6.07) is 14.8. The molecule has 1 saturated heterocycles. The summed E-state index contributed by atoms with van der Waals surface area (Å²) in [4.78, 5) is 5.04. The number of ether oxygens (including phenoxy) is 1. The Morgan fingerprint density at radius 2 is 1.73 bits per heavy atom. The Labute approximate surface area is 256 Å². The molecule has 0 spiro atoms. The zero-order valence-corrected chi connectivity index (χ0v) is 26.4. The number of benzene rings is 2. The van der Waals surface area contributed by atoms with Crippen LogP contribution >= 0.6 is 0 Å². The number of rotatable bonds is 8. The van der Waals surface area contributed by atoms with Gasteiger partial charge in [-0.2, -0.15) is 0 Å². The van der Waals surface area contributed by atoms with Crippen molar-refractivity contribution in [3.63, 3.8) is 0 Å². The molecular weight excluding hydrogens is 601 g/mol. The van der Waals surface area contributed by atoms with Crippen molar-refractivity contribution in [2.45, 2.75) is 48.8 Å². The molecule has 0 radical (unpaired) electrons. The molecule has 0 bridgehead atoms. The number of anilines is 1. The Morgan fingerprint density at radius 3 is 2.36 bits per heavy atom. The Balaban J connectivity index is 1.63. The number of aryl methyl sites for hydroxylation is 2. The standard InChI is InChI=1S/C31H34N6O5S2/c1-19-29(36(2)35-33-19)22-17-25-28(32-18-22)27-24(34-44(40,41)23-9-10-23)11-12-26(43(3,38)39)31(27)37(25)30(20-7-5-4-6-8-20)21-13-15-42-16-14-21/h4-8,11-12,17-18,21,23,30,34H,9-10,13-16H2,1-3H3/t30-/m1/s1. The van der Waals surface area contributed by atoms with Crippen LogP contribution in [0, 0.1) is 12.8 Å². The van der Waals surface area contributed by atoms with Crippen LogP contribution in [0.2, 0.25) is 0 Å². The minimum atomic E-state index is -3.75. The minimum absolute atomic E-state index is 0.118. The maximum Gasteiger partial charge on any atom is 0.235 e. The zero-order valence-electron chi connectivity index (χ0n) is 24.8. The van der Waals surface area contributed by atoms with Gasteiger partial charge in [0.2, 0.25) is 10.0 Å². The molecule has 2 fully saturated rings. The van der Waals surface area contributed by atoms with Crippen molar-refractivity contribution >= 4 is 47.5 Å². The summed E-state index contributed by atoms with van der Waals surface area (Å²) >= 11 is 0. The Hall–Kier alpha value is -3.81. The molecule has 0 amide bonds. The van der Waals surface area contributed by atoms with Gasteiger partial charge in [0.25, 0.3) is 0 Å². The van der Waals surface area contributed by atoms with Crippen LogP contribution in [0.1, 0.15) is 43.0 Å². The number of nitrogens with one attached hydrogen (secondary N) is 1. The summed E-state index contributed by atoms with van der Waals surface area (Å²) < 4.78 is 65.7. The number of fused-ring (bicyclic) bond motifs is 3. The van der Waals surface area contributed by atoms with Crippen LogP contribution in [0.5, 0.6) is 0 Å². The lowest BCUT2D eigenvalue weighted by Gasteiger charge is -2.33. The number of pyridine rings is 1. The van der Waals surface area contributed by atoms with Gasteiger partial charge in [0.05, 0.1) is 55.2 Å². The number of aromatic nitrogens is 5. The Kier molecular flexibility index (Phi) is 7.02. The summed E-state index contributed by atoms with van der Waals surface area (Å²) in [5.74, 6) is 0.118. The highest BCUT2D eigenvalue weighted by Gasteiger charge is 2.38. The maximum atomic E-state index is 13.5. The lowest BCUT2D eigenvalue weighted by Crippen LogP contribution is -2.27. The van der Waals surface area contributed by atoms with Crippen molar-refractivity contribution in [3.8, 4) is 11.3 Å². The molecule has 3 aromatic heterocycles. The first kappa shape index (κ1) is 28.9. The van der Waals surface area contributed by atoms with Crippen LogP contribution in [-0.4, -0.2) is 66.1 Å². The molecule has 5 aromatic rings. The molecule has 1 atom stereocenters. The van der Waals surface area contributed by atoms with Gasteiger partial charge in [0.15, 0.2) is 9.84 Å². The van der Waals surface area contributed by atoms with E-state index in [4.69, 9.17) is 9.72 Å². The second-order valence-electron chi connectivity index (χ2n) is 11.9. The summed E-state index contributed by atoms with van der Waals surface area (Å²) in [5.41, 5.74) is 5.28. The fourth-order valence-corrected chi connectivity index (χ4v) is 8.86.